The van der Waals surface area contributed by atoms with Gasteiger partial charge in [-0.15, -0.1) is 0 Å². The van der Waals surface area contributed by atoms with E-state index in [1.807, 2.05) is 6.92 Å². The molecule has 216 valence electrons. The largest absolute Gasteiger partial charge is 0.384 e. The van der Waals surface area contributed by atoms with Crippen LogP contribution in [0.4, 0.5) is 10.1 Å². The monoisotopic (exact) mass is 544 g/mol. The molecule has 0 heterocycles. The van der Waals surface area contributed by atoms with Gasteiger partial charge in [0.25, 0.3) is 0 Å². The van der Waals surface area contributed by atoms with Crippen LogP contribution in [0.3, 0.4) is 0 Å². The summed E-state index contributed by atoms with van der Waals surface area (Å²) in [4.78, 5) is 0. The third-order valence-corrected chi connectivity index (χ3v) is 9.43. The van der Waals surface area contributed by atoms with Gasteiger partial charge in [0, 0.05) is 31.2 Å². The average molecular weight is 545 g/mol. The van der Waals surface area contributed by atoms with E-state index in [0.29, 0.717) is 23.2 Å². The molecule has 5 atom stereocenters. The van der Waals surface area contributed by atoms with Gasteiger partial charge in [0.15, 0.2) is 0 Å². The number of aryl methyl sites for hydroxylation is 1. The number of rotatable bonds is 12. The Morgan fingerprint density at radius 2 is 1.88 bits per heavy atom. The van der Waals surface area contributed by atoms with Gasteiger partial charge < -0.3 is 21.3 Å². The molecule has 0 spiro atoms. The number of benzene rings is 2. The van der Waals surface area contributed by atoms with Crippen molar-refractivity contribution in [2.75, 3.05) is 26.0 Å². The number of halogens is 1. The molecule has 0 radical (unpaired) electrons. The zero-order chi connectivity index (χ0) is 28.9. The normalized spacial score (nSPS) is 25.7. The Balaban J connectivity index is 1.63. The smallest absolute Gasteiger partial charge is 0.142 e. The number of nitrogens with one attached hydrogen (secondary N) is 4. The molecule has 2 fully saturated rings. The summed E-state index contributed by atoms with van der Waals surface area (Å²) in [6.45, 7) is 13.5. The topological polar surface area (TPSA) is 48.1 Å². The second-order valence-corrected chi connectivity index (χ2v) is 11.9. The molecule has 4 N–H and O–H groups in total. The third-order valence-electron chi connectivity index (χ3n) is 9.43. The molecule has 0 aliphatic heterocycles. The van der Waals surface area contributed by atoms with E-state index in [4.69, 9.17) is 0 Å². The zero-order valence-electron chi connectivity index (χ0n) is 25.3. The third kappa shape index (κ3) is 6.46. The molecule has 2 aromatic rings. The Kier molecular flexibility index (Phi) is 9.78. The lowest BCUT2D eigenvalue weighted by Crippen LogP contribution is -2.37. The van der Waals surface area contributed by atoms with E-state index in [-0.39, 0.29) is 23.3 Å². The first-order valence-corrected chi connectivity index (χ1v) is 15.0. The van der Waals surface area contributed by atoms with Crippen LogP contribution in [0.15, 0.2) is 84.0 Å². The fourth-order valence-electron chi connectivity index (χ4n) is 6.48. The van der Waals surface area contributed by atoms with Crippen LogP contribution in [-0.4, -0.2) is 32.7 Å². The number of allylic oxidation sites excluding steroid dienone is 1. The molecule has 3 unspecified atom stereocenters. The summed E-state index contributed by atoms with van der Waals surface area (Å²) in [6.07, 6.45) is 7.86. The minimum atomic E-state index is -0.387. The summed E-state index contributed by atoms with van der Waals surface area (Å²) in [5, 5.41) is 13.4. The number of fused-ring (bicyclic) bond motifs is 1. The molecule has 0 bridgehead atoms. The van der Waals surface area contributed by atoms with Crippen LogP contribution in [0.25, 0.3) is 0 Å². The average Bonchev–Trinajstić information content (AvgIpc) is 3.70. The van der Waals surface area contributed by atoms with Crippen molar-refractivity contribution in [1.82, 2.24) is 16.0 Å². The second kappa shape index (κ2) is 13.1. The molecule has 2 aromatic carbocycles. The Morgan fingerprint density at radius 3 is 2.55 bits per heavy atom. The first kappa shape index (κ1) is 29.9. The molecular formula is C35H49FN4. The SMILES string of the molecule is C=C(N[C@@H]1CCC2CC2(c2ccc(C)c(NC/C=C(/C)CC)c2)C[C@@H]1c1ccccc1)/C(NC)=C(\F)C(C)NC. The van der Waals surface area contributed by atoms with Gasteiger partial charge in [-0.3, -0.25) is 0 Å². The quantitative estimate of drug-likeness (QED) is 0.165. The van der Waals surface area contributed by atoms with Crippen LogP contribution in [0, 0.1) is 12.8 Å². The van der Waals surface area contributed by atoms with Gasteiger partial charge in [0.2, 0.25) is 0 Å². The van der Waals surface area contributed by atoms with Crippen LogP contribution in [0.5, 0.6) is 0 Å². The number of anilines is 1. The number of likely N-dealkylation sites (N-methyl/N-ethyl adjacent to an activating group) is 2. The first-order chi connectivity index (χ1) is 19.2. The van der Waals surface area contributed by atoms with E-state index >= 15 is 4.39 Å². The Morgan fingerprint density at radius 1 is 1.12 bits per heavy atom. The van der Waals surface area contributed by atoms with Crippen molar-refractivity contribution in [1.29, 1.82) is 0 Å². The van der Waals surface area contributed by atoms with E-state index < -0.39 is 0 Å². The molecule has 5 heteroatoms. The summed E-state index contributed by atoms with van der Waals surface area (Å²) in [5.41, 5.74) is 7.96. The van der Waals surface area contributed by atoms with Crippen molar-refractivity contribution in [2.45, 2.75) is 83.2 Å². The summed E-state index contributed by atoms with van der Waals surface area (Å²) >= 11 is 0. The van der Waals surface area contributed by atoms with Crippen LogP contribution in [0.1, 0.15) is 75.5 Å². The van der Waals surface area contributed by atoms with Crippen molar-refractivity contribution in [3.05, 3.63) is 101 Å². The lowest BCUT2D eigenvalue weighted by molar-refractivity contribution is 0.408. The van der Waals surface area contributed by atoms with Crippen molar-refractivity contribution in [3.8, 4) is 0 Å². The lowest BCUT2D eigenvalue weighted by Gasteiger charge is -2.32. The van der Waals surface area contributed by atoms with Gasteiger partial charge in [0.05, 0.1) is 17.4 Å². The number of hydrogen-bond donors (Lipinski definition) is 4. The van der Waals surface area contributed by atoms with Crippen LogP contribution in [0.2, 0.25) is 0 Å². The fourth-order valence-corrected chi connectivity index (χ4v) is 6.48. The maximum absolute atomic E-state index is 15.2. The minimum Gasteiger partial charge on any atom is -0.384 e. The molecule has 2 aliphatic carbocycles. The van der Waals surface area contributed by atoms with Gasteiger partial charge in [-0.25, -0.2) is 4.39 Å². The zero-order valence-corrected chi connectivity index (χ0v) is 25.3. The van der Waals surface area contributed by atoms with Crippen LogP contribution < -0.4 is 21.3 Å². The maximum Gasteiger partial charge on any atom is 0.142 e. The molecule has 4 nitrogen and oxygen atoms in total. The summed E-state index contributed by atoms with van der Waals surface area (Å²) < 4.78 is 15.2. The predicted molar refractivity (Wildman–Crippen MR) is 168 cm³/mol. The van der Waals surface area contributed by atoms with Crippen molar-refractivity contribution >= 4 is 5.69 Å². The molecule has 0 amide bonds. The summed E-state index contributed by atoms with van der Waals surface area (Å²) in [6, 6.07) is 17.7. The van der Waals surface area contributed by atoms with Crippen molar-refractivity contribution < 1.29 is 4.39 Å². The van der Waals surface area contributed by atoms with E-state index in [1.165, 1.54) is 34.4 Å². The van der Waals surface area contributed by atoms with Crippen molar-refractivity contribution in [3.63, 3.8) is 0 Å². The molecule has 2 aliphatic rings. The van der Waals surface area contributed by atoms with Gasteiger partial charge in [-0.1, -0.05) is 67.6 Å². The van der Waals surface area contributed by atoms with E-state index in [1.54, 1.807) is 14.1 Å². The molecule has 0 aromatic heterocycles. The summed E-state index contributed by atoms with van der Waals surface area (Å²) in [5.74, 6) is 0.730. The van der Waals surface area contributed by atoms with Gasteiger partial charge in [0.1, 0.15) is 5.83 Å². The first-order valence-electron chi connectivity index (χ1n) is 15.0. The highest BCUT2D eigenvalue weighted by molar-refractivity contribution is 5.56. The molecule has 4 rings (SSSR count). The highest BCUT2D eigenvalue weighted by Gasteiger charge is 2.58. The predicted octanol–water partition coefficient (Wildman–Crippen LogP) is 7.47. The lowest BCUT2D eigenvalue weighted by atomic mass is 9.79. The van der Waals surface area contributed by atoms with Crippen LogP contribution >= 0.6 is 0 Å². The van der Waals surface area contributed by atoms with Crippen molar-refractivity contribution in [2.24, 2.45) is 5.92 Å². The fraction of sp³-hybridized carbons (Fsp3) is 0.486. The van der Waals surface area contributed by atoms with Gasteiger partial charge >= 0.3 is 0 Å². The van der Waals surface area contributed by atoms with E-state index in [9.17, 15) is 0 Å². The molecule has 0 saturated heterocycles. The summed E-state index contributed by atoms with van der Waals surface area (Å²) in [7, 11) is 3.53. The molecular weight excluding hydrogens is 495 g/mol. The standard InChI is InChI=1S/C35H49FN4/c1-8-23(2)18-19-39-32-20-28(15-14-24(32)3)35-21-29(35)16-17-31(30(22-35)27-12-10-9-11-13-27)40-26(5)34(38-7)33(36)25(4)37-6/h9-15,18,20,25,29-31,37-40H,5,8,16-17,19,21-22H2,1-4,6-7H3/b23-18-,34-33+/t25?,29?,30-,31-,35?/m1/s1. The second-order valence-electron chi connectivity index (χ2n) is 11.9. The minimum absolute atomic E-state index is 0.172. The Bertz CT molecular complexity index is 1230. The van der Waals surface area contributed by atoms with E-state index in [0.717, 1.165) is 32.2 Å². The Hall–Kier alpha value is -3.05. The molecule has 40 heavy (non-hydrogen) atoms. The highest BCUT2D eigenvalue weighted by atomic mass is 19.1. The van der Waals surface area contributed by atoms with Gasteiger partial charge in [-0.05, 0) is 94.0 Å². The highest BCUT2D eigenvalue weighted by Crippen LogP contribution is 2.63. The number of hydrogen-bond acceptors (Lipinski definition) is 4. The van der Waals surface area contributed by atoms with E-state index in [2.05, 4.69) is 103 Å². The maximum atomic E-state index is 15.2. The van der Waals surface area contributed by atoms with Crippen LogP contribution in [-0.2, 0) is 5.41 Å². The Labute approximate surface area is 241 Å². The van der Waals surface area contributed by atoms with Gasteiger partial charge in [-0.2, -0.15) is 0 Å². The molecule has 2 saturated carbocycles.